The molecule has 0 aromatic heterocycles. The number of rotatable bonds is 4. The molecule has 0 saturated carbocycles. The molecule has 100 valence electrons. The van der Waals surface area contributed by atoms with Crippen LogP contribution in [-0.4, -0.2) is 6.04 Å². The first-order chi connectivity index (χ1) is 9.08. The van der Waals surface area contributed by atoms with Crippen LogP contribution in [0.2, 0.25) is 5.02 Å². The predicted octanol–water partition coefficient (Wildman–Crippen LogP) is 4.78. The lowest BCUT2D eigenvalue weighted by molar-refractivity contribution is 0.564. The highest BCUT2D eigenvalue weighted by molar-refractivity contribution is 9.10. The van der Waals surface area contributed by atoms with Crippen molar-refractivity contribution >= 4 is 27.5 Å². The van der Waals surface area contributed by atoms with E-state index in [0.29, 0.717) is 5.92 Å². The van der Waals surface area contributed by atoms with Crippen LogP contribution in [0.1, 0.15) is 24.0 Å². The van der Waals surface area contributed by atoms with E-state index in [-0.39, 0.29) is 6.04 Å². The molecular weight excluding hydrogens is 322 g/mol. The van der Waals surface area contributed by atoms with Crippen molar-refractivity contribution in [3.63, 3.8) is 0 Å². The maximum Gasteiger partial charge on any atom is 0.0449 e. The van der Waals surface area contributed by atoms with Crippen LogP contribution in [0.5, 0.6) is 0 Å². The van der Waals surface area contributed by atoms with Gasteiger partial charge in [0.05, 0.1) is 0 Å². The van der Waals surface area contributed by atoms with Gasteiger partial charge >= 0.3 is 0 Å². The monoisotopic (exact) mass is 337 g/mol. The number of benzene rings is 2. The average molecular weight is 339 g/mol. The highest BCUT2D eigenvalue weighted by Crippen LogP contribution is 2.25. The second-order valence-electron chi connectivity index (χ2n) is 4.80. The summed E-state index contributed by atoms with van der Waals surface area (Å²) >= 11 is 9.65. The highest BCUT2D eigenvalue weighted by atomic mass is 79.9. The highest BCUT2D eigenvalue weighted by Gasteiger charge is 2.16. The van der Waals surface area contributed by atoms with Crippen LogP contribution in [0.3, 0.4) is 0 Å². The molecule has 0 saturated heterocycles. The molecule has 0 heterocycles. The zero-order valence-corrected chi connectivity index (χ0v) is 13.2. The Balaban J connectivity index is 2.10. The molecule has 3 heteroatoms. The molecule has 0 aliphatic carbocycles. The van der Waals surface area contributed by atoms with Gasteiger partial charge in [-0.15, -0.1) is 0 Å². The smallest absolute Gasteiger partial charge is 0.0449 e. The Bertz CT molecular complexity index is 542. The SMILES string of the molecule is CC(c1ccccc1)C(N)Cc1ccc(Br)cc1Cl. The predicted molar refractivity (Wildman–Crippen MR) is 85.7 cm³/mol. The molecule has 0 amide bonds. The van der Waals surface area contributed by atoms with Crippen LogP contribution in [0.15, 0.2) is 53.0 Å². The second kappa shape index (κ2) is 6.56. The second-order valence-corrected chi connectivity index (χ2v) is 6.13. The molecule has 0 spiro atoms. The lowest BCUT2D eigenvalue weighted by Gasteiger charge is -2.21. The van der Waals surface area contributed by atoms with Gasteiger partial charge in [0.25, 0.3) is 0 Å². The third-order valence-corrected chi connectivity index (χ3v) is 4.28. The van der Waals surface area contributed by atoms with Gasteiger partial charge in [-0.3, -0.25) is 0 Å². The van der Waals surface area contributed by atoms with Gasteiger partial charge in [-0.1, -0.05) is 70.9 Å². The molecule has 2 atom stereocenters. The van der Waals surface area contributed by atoms with Crippen LogP contribution >= 0.6 is 27.5 Å². The van der Waals surface area contributed by atoms with E-state index in [0.717, 1.165) is 21.5 Å². The summed E-state index contributed by atoms with van der Waals surface area (Å²) in [6.07, 6.45) is 0.780. The fourth-order valence-corrected chi connectivity index (χ4v) is 2.87. The molecular formula is C16H17BrClN. The van der Waals surface area contributed by atoms with Gasteiger partial charge in [0, 0.05) is 15.5 Å². The average Bonchev–Trinajstić information content (AvgIpc) is 2.42. The van der Waals surface area contributed by atoms with E-state index >= 15 is 0 Å². The zero-order chi connectivity index (χ0) is 13.8. The maximum absolute atomic E-state index is 6.32. The van der Waals surface area contributed by atoms with Crippen molar-refractivity contribution in [2.24, 2.45) is 5.73 Å². The van der Waals surface area contributed by atoms with Gasteiger partial charge in [-0.2, -0.15) is 0 Å². The van der Waals surface area contributed by atoms with Gasteiger partial charge in [-0.25, -0.2) is 0 Å². The summed E-state index contributed by atoms with van der Waals surface area (Å²) in [4.78, 5) is 0. The first kappa shape index (κ1) is 14.6. The van der Waals surface area contributed by atoms with Crippen LogP contribution in [0, 0.1) is 0 Å². The largest absolute Gasteiger partial charge is 0.327 e. The van der Waals surface area contributed by atoms with Gasteiger partial charge in [-0.05, 0) is 35.6 Å². The molecule has 0 radical (unpaired) electrons. The normalized spacial score (nSPS) is 14.1. The quantitative estimate of drug-likeness (QED) is 0.853. The minimum Gasteiger partial charge on any atom is -0.327 e. The fourth-order valence-electron chi connectivity index (χ4n) is 2.12. The van der Waals surface area contributed by atoms with Crippen LogP contribution < -0.4 is 5.73 Å². The third-order valence-electron chi connectivity index (χ3n) is 3.44. The Kier molecular flexibility index (Phi) is 5.03. The van der Waals surface area contributed by atoms with E-state index in [1.807, 2.05) is 36.4 Å². The van der Waals surface area contributed by atoms with E-state index in [9.17, 15) is 0 Å². The van der Waals surface area contributed by atoms with Crippen LogP contribution in [-0.2, 0) is 6.42 Å². The van der Waals surface area contributed by atoms with Gasteiger partial charge in [0.15, 0.2) is 0 Å². The van der Waals surface area contributed by atoms with Gasteiger partial charge < -0.3 is 5.73 Å². The zero-order valence-electron chi connectivity index (χ0n) is 10.8. The standard InChI is InChI=1S/C16H17BrClN/c1-11(12-5-3-2-4-6-12)16(19)9-13-7-8-14(17)10-15(13)18/h2-8,10-11,16H,9,19H2,1H3. The third kappa shape index (κ3) is 3.82. The molecule has 2 aromatic carbocycles. The molecule has 2 N–H and O–H groups in total. The Morgan fingerprint density at radius 1 is 1.16 bits per heavy atom. The van der Waals surface area contributed by atoms with E-state index in [4.69, 9.17) is 17.3 Å². The van der Waals surface area contributed by atoms with E-state index in [1.54, 1.807) is 0 Å². The summed E-state index contributed by atoms with van der Waals surface area (Å²) in [5.74, 6) is 0.306. The summed E-state index contributed by atoms with van der Waals surface area (Å²) in [6, 6.07) is 16.4. The molecule has 2 rings (SSSR count). The Labute approximate surface area is 127 Å². The van der Waals surface area contributed by atoms with Crippen molar-refractivity contribution in [1.82, 2.24) is 0 Å². The summed E-state index contributed by atoms with van der Waals surface area (Å²) in [5, 5.41) is 0.769. The molecule has 2 unspecified atom stereocenters. The van der Waals surface area contributed by atoms with Crippen molar-refractivity contribution in [2.45, 2.75) is 25.3 Å². The number of halogens is 2. The lowest BCUT2D eigenvalue weighted by Crippen LogP contribution is -2.29. The number of hydrogen-bond donors (Lipinski definition) is 1. The molecule has 2 aromatic rings. The molecule has 19 heavy (non-hydrogen) atoms. The Hall–Kier alpha value is -0.830. The van der Waals surface area contributed by atoms with E-state index in [2.05, 4.69) is 35.0 Å². The van der Waals surface area contributed by atoms with Crippen LogP contribution in [0.25, 0.3) is 0 Å². The fraction of sp³-hybridized carbons (Fsp3) is 0.250. The van der Waals surface area contributed by atoms with Crippen molar-refractivity contribution in [3.05, 3.63) is 69.2 Å². The van der Waals surface area contributed by atoms with E-state index in [1.165, 1.54) is 5.56 Å². The lowest BCUT2D eigenvalue weighted by atomic mass is 9.90. The van der Waals surface area contributed by atoms with E-state index < -0.39 is 0 Å². The number of hydrogen-bond acceptors (Lipinski definition) is 1. The molecule has 1 nitrogen and oxygen atoms in total. The van der Waals surface area contributed by atoms with Gasteiger partial charge in [0.2, 0.25) is 0 Å². The van der Waals surface area contributed by atoms with Crippen LogP contribution in [0.4, 0.5) is 0 Å². The Morgan fingerprint density at radius 3 is 2.47 bits per heavy atom. The molecule has 0 aliphatic heterocycles. The topological polar surface area (TPSA) is 26.0 Å². The van der Waals surface area contributed by atoms with Crippen molar-refractivity contribution < 1.29 is 0 Å². The first-order valence-corrected chi connectivity index (χ1v) is 7.49. The van der Waals surface area contributed by atoms with Gasteiger partial charge in [0.1, 0.15) is 0 Å². The summed E-state index contributed by atoms with van der Waals surface area (Å²) in [7, 11) is 0. The van der Waals surface area contributed by atoms with Crippen molar-refractivity contribution in [2.75, 3.05) is 0 Å². The minimum absolute atomic E-state index is 0.0566. The van der Waals surface area contributed by atoms with Crippen molar-refractivity contribution in [3.8, 4) is 0 Å². The minimum atomic E-state index is 0.0566. The summed E-state index contributed by atoms with van der Waals surface area (Å²) in [5.41, 5.74) is 8.68. The Morgan fingerprint density at radius 2 is 1.84 bits per heavy atom. The number of nitrogens with two attached hydrogens (primary N) is 1. The summed E-state index contributed by atoms with van der Waals surface area (Å²) < 4.78 is 0.992. The maximum atomic E-state index is 6.32. The molecule has 0 aliphatic rings. The molecule has 0 fully saturated rings. The summed E-state index contributed by atoms with van der Waals surface area (Å²) in [6.45, 7) is 2.16. The van der Waals surface area contributed by atoms with Crippen molar-refractivity contribution in [1.29, 1.82) is 0 Å². The first-order valence-electron chi connectivity index (χ1n) is 6.32. The molecule has 0 bridgehead atoms.